The average Bonchev–Trinajstić information content (AvgIpc) is 2.47. The number of aromatic carboxylic acids is 1. The first kappa shape index (κ1) is 15.1. The number of nitrogens with one attached hydrogen (secondary N) is 1. The van der Waals surface area contributed by atoms with Crippen molar-refractivity contribution in [2.75, 3.05) is 19.0 Å². The highest BCUT2D eigenvalue weighted by Crippen LogP contribution is 2.18. The van der Waals surface area contributed by atoms with Gasteiger partial charge in [-0.1, -0.05) is 29.8 Å². The predicted molar refractivity (Wildman–Crippen MR) is 81.4 cm³/mol. The average molecular weight is 307 g/mol. The molecule has 110 valence electrons. The van der Waals surface area contributed by atoms with Gasteiger partial charge in [0.2, 0.25) is 0 Å². The molecular formula is C15H15ClN2O3. The van der Waals surface area contributed by atoms with Crippen LogP contribution in [0, 0.1) is 0 Å². The van der Waals surface area contributed by atoms with Gasteiger partial charge in [-0.2, -0.15) is 0 Å². The topological polar surface area (TPSA) is 71.5 Å². The van der Waals surface area contributed by atoms with Gasteiger partial charge < -0.3 is 15.2 Å². The van der Waals surface area contributed by atoms with Gasteiger partial charge in [0.05, 0.1) is 12.7 Å². The molecule has 0 fully saturated rings. The molecule has 0 radical (unpaired) electrons. The van der Waals surface area contributed by atoms with Gasteiger partial charge in [-0.15, -0.1) is 0 Å². The van der Waals surface area contributed by atoms with Crippen LogP contribution in [0.25, 0.3) is 0 Å². The summed E-state index contributed by atoms with van der Waals surface area (Å²) >= 11 is 5.80. The maximum Gasteiger partial charge on any atom is 0.335 e. The van der Waals surface area contributed by atoms with E-state index in [1.165, 1.54) is 12.1 Å². The number of carbonyl (C=O) groups is 1. The van der Waals surface area contributed by atoms with Gasteiger partial charge in [0, 0.05) is 6.54 Å². The Morgan fingerprint density at radius 3 is 2.86 bits per heavy atom. The lowest BCUT2D eigenvalue weighted by molar-refractivity contribution is 0.0697. The van der Waals surface area contributed by atoms with E-state index in [-0.39, 0.29) is 10.7 Å². The lowest BCUT2D eigenvalue weighted by atomic mass is 10.1. The van der Waals surface area contributed by atoms with E-state index in [1.54, 1.807) is 7.11 Å². The van der Waals surface area contributed by atoms with Crippen LogP contribution in [0.3, 0.4) is 0 Å². The van der Waals surface area contributed by atoms with Crippen molar-refractivity contribution in [2.45, 2.75) is 6.42 Å². The molecule has 21 heavy (non-hydrogen) atoms. The molecule has 6 heteroatoms. The Balaban J connectivity index is 2.02. The molecule has 0 aliphatic carbocycles. The van der Waals surface area contributed by atoms with Crippen molar-refractivity contribution < 1.29 is 14.6 Å². The maximum atomic E-state index is 11.0. The minimum Gasteiger partial charge on any atom is -0.496 e. The van der Waals surface area contributed by atoms with Crippen LogP contribution in [0.2, 0.25) is 5.15 Å². The highest BCUT2D eigenvalue weighted by atomic mass is 35.5. The molecule has 0 aliphatic heterocycles. The van der Waals surface area contributed by atoms with Crippen molar-refractivity contribution in [2.24, 2.45) is 0 Å². The number of carboxylic acid groups (broad SMARTS) is 1. The molecule has 1 heterocycles. The quantitative estimate of drug-likeness (QED) is 0.802. The minimum absolute atomic E-state index is 0.106. The van der Waals surface area contributed by atoms with Crippen LogP contribution < -0.4 is 10.1 Å². The van der Waals surface area contributed by atoms with Crippen LogP contribution in [-0.4, -0.2) is 29.7 Å². The van der Waals surface area contributed by atoms with E-state index < -0.39 is 5.97 Å². The molecule has 2 rings (SSSR count). The summed E-state index contributed by atoms with van der Waals surface area (Å²) < 4.78 is 5.28. The summed E-state index contributed by atoms with van der Waals surface area (Å²) in [4.78, 5) is 15.0. The largest absolute Gasteiger partial charge is 0.496 e. The first-order valence-electron chi connectivity index (χ1n) is 6.37. The highest BCUT2D eigenvalue weighted by molar-refractivity contribution is 6.29. The molecule has 0 saturated carbocycles. The zero-order valence-electron chi connectivity index (χ0n) is 11.5. The number of halogens is 1. The number of rotatable bonds is 6. The van der Waals surface area contributed by atoms with Crippen LogP contribution in [0.15, 0.2) is 36.4 Å². The fourth-order valence-electron chi connectivity index (χ4n) is 1.95. The van der Waals surface area contributed by atoms with E-state index in [2.05, 4.69) is 10.3 Å². The first-order chi connectivity index (χ1) is 10.1. The summed E-state index contributed by atoms with van der Waals surface area (Å²) in [6.07, 6.45) is 0.723. The van der Waals surface area contributed by atoms with E-state index >= 15 is 0 Å². The molecule has 1 aromatic heterocycles. The number of nitrogens with zero attached hydrogens (tertiary/aromatic N) is 1. The van der Waals surface area contributed by atoms with Crippen molar-refractivity contribution in [3.63, 3.8) is 0 Å². The maximum absolute atomic E-state index is 11.0. The van der Waals surface area contributed by atoms with Crippen molar-refractivity contribution in [3.05, 3.63) is 52.7 Å². The van der Waals surface area contributed by atoms with Gasteiger partial charge in [-0.3, -0.25) is 0 Å². The van der Waals surface area contributed by atoms with E-state index in [0.29, 0.717) is 12.4 Å². The van der Waals surface area contributed by atoms with E-state index in [1.807, 2.05) is 24.3 Å². The van der Waals surface area contributed by atoms with Crippen molar-refractivity contribution >= 4 is 23.4 Å². The molecule has 1 aromatic carbocycles. The SMILES string of the molecule is COc1ccccc1CCNc1cc(C(=O)O)cc(Cl)n1. The third kappa shape index (κ3) is 4.10. The lowest BCUT2D eigenvalue weighted by Gasteiger charge is -2.10. The summed E-state index contributed by atoms with van der Waals surface area (Å²) in [5.41, 5.74) is 1.17. The Morgan fingerprint density at radius 2 is 2.14 bits per heavy atom. The second-order valence-corrected chi connectivity index (χ2v) is 4.74. The minimum atomic E-state index is -1.04. The van der Waals surface area contributed by atoms with Crippen LogP contribution in [0.5, 0.6) is 5.75 Å². The second kappa shape index (κ2) is 6.95. The lowest BCUT2D eigenvalue weighted by Crippen LogP contribution is -2.08. The van der Waals surface area contributed by atoms with Crippen LogP contribution in [0.1, 0.15) is 15.9 Å². The summed E-state index contributed by atoms with van der Waals surface area (Å²) in [6.45, 7) is 0.590. The number of pyridine rings is 1. The van der Waals surface area contributed by atoms with Gasteiger partial charge in [-0.05, 0) is 30.2 Å². The number of ether oxygens (including phenoxy) is 1. The van der Waals surface area contributed by atoms with E-state index in [0.717, 1.165) is 17.7 Å². The molecule has 5 nitrogen and oxygen atoms in total. The van der Waals surface area contributed by atoms with Crippen LogP contribution in [-0.2, 0) is 6.42 Å². The van der Waals surface area contributed by atoms with E-state index in [9.17, 15) is 4.79 Å². The molecule has 2 aromatic rings. The number of methoxy groups -OCH3 is 1. The Bertz CT molecular complexity index is 647. The van der Waals surface area contributed by atoms with Gasteiger partial charge in [-0.25, -0.2) is 9.78 Å². The Morgan fingerprint density at radius 1 is 1.38 bits per heavy atom. The third-order valence-corrected chi connectivity index (χ3v) is 3.13. The summed E-state index contributed by atoms with van der Waals surface area (Å²) in [5, 5.41) is 12.2. The summed E-state index contributed by atoms with van der Waals surface area (Å²) in [7, 11) is 1.63. The standard InChI is InChI=1S/C15H15ClN2O3/c1-21-12-5-3-2-4-10(12)6-7-17-14-9-11(15(19)20)8-13(16)18-14/h2-5,8-9H,6-7H2,1H3,(H,17,18)(H,19,20). The molecule has 2 N–H and O–H groups in total. The molecule has 0 aliphatic rings. The monoisotopic (exact) mass is 306 g/mol. The summed E-state index contributed by atoms with van der Waals surface area (Å²) in [6, 6.07) is 10.5. The van der Waals surface area contributed by atoms with Gasteiger partial charge in [0.1, 0.15) is 16.7 Å². The Labute approximate surface area is 127 Å². The molecule has 0 amide bonds. The molecule has 0 spiro atoms. The van der Waals surface area contributed by atoms with Crippen LogP contribution >= 0.6 is 11.6 Å². The van der Waals surface area contributed by atoms with Gasteiger partial charge in [0.25, 0.3) is 0 Å². The molecule has 0 atom stereocenters. The summed E-state index contributed by atoms with van der Waals surface area (Å²) in [5.74, 6) is 0.228. The van der Waals surface area contributed by atoms with Crippen molar-refractivity contribution in [1.82, 2.24) is 4.98 Å². The molecular weight excluding hydrogens is 292 g/mol. The van der Waals surface area contributed by atoms with Gasteiger partial charge in [0.15, 0.2) is 0 Å². The number of hydrogen-bond acceptors (Lipinski definition) is 4. The number of hydrogen-bond donors (Lipinski definition) is 2. The first-order valence-corrected chi connectivity index (χ1v) is 6.74. The number of anilines is 1. The van der Waals surface area contributed by atoms with Crippen LogP contribution in [0.4, 0.5) is 5.82 Å². The predicted octanol–water partition coefficient (Wildman–Crippen LogP) is 3.10. The fourth-order valence-corrected chi connectivity index (χ4v) is 2.15. The number of benzene rings is 1. The molecule has 0 saturated heterocycles. The normalized spacial score (nSPS) is 10.2. The zero-order valence-corrected chi connectivity index (χ0v) is 12.2. The van der Waals surface area contributed by atoms with E-state index in [4.69, 9.17) is 21.4 Å². The molecule has 0 unspecified atom stereocenters. The number of aromatic nitrogens is 1. The zero-order chi connectivity index (χ0) is 15.2. The fraction of sp³-hybridized carbons (Fsp3) is 0.200. The third-order valence-electron chi connectivity index (χ3n) is 2.93. The highest BCUT2D eigenvalue weighted by Gasteiger charge is 2.07. The Hall–Kier alpha value is -2.27. The van der Waals surface area contributed by atoms with Crippen molar-refractivity contribution in [3.8, 4) is 5.75 Å². The Kier molecular flexibility index (Phi) is 5.00. The second-order valence-electron chi connectivity index (χ2n) is 4.36. The number of para-hydroxylation sites is 1. The smallest absolute Gasteiger partial charge is 0.335 e. The molecule has 0 bridgehead atoms. The van der Waals surface area contributed by atoms with Crippen molar-refractivity contribution in [1.29, 1.82) is 0 Å². The van der Waals surface area contributed by atoms with Gasteiger partial charge >= 0.3 is 5.97 Å². The number of carboxylic acids is 1.